The Morgan fingerprint density at radius 1 is 1.38 bits per heavy atom. The van der Waals surface area contributed by atoms with Crippen LogP contribution in [0.25, 0.3) is 0 Å². The SMILES string of the molecule is CC(=S)NNC=Nc1ccccc1. The van der Waals surface area contributed by atoms with Crippen molar-refractivity contribution < 1.29 is 0 Å². The third-order valence-corrected chi connectivity index (χ3v) is 1.38. The van der Waals surface area contributed by atoms with Gasteiger partial charge >= 0.3 is 0 Å². The summed E-state index contributed by atoms with van der Waals surface area (Å²) < 4.78 is 0. The van der Waals surface area contributed by atoms with E-state index in [1.807, 2.05) is 30.3 Å². The quantitative estimate of drug-likeness (QED) is 0.332. The summed E-state index contributed by atoms with van der Waals surface area (Å²) in [4.78, 5) is 4.80. The van der Waals surface area contributed by atoms with E-state index in [9.17, 15) is 0 Å². The van der Waals surface area contributed by atoms with Gasteiger partial charge in [0.05, 0.1) is 10.7 Å². The largest absolute Gasteiger partial charge is 0.294 e. The Balaban J connectivity index is 2.37. The molecule has 0 spiro atoms. The molecule has 0 unspecified atom stereocenters. The second kappa shape index (κ2) is 5.27. The molecule has 2 N–H and O–H groups in total. The maximum absolute atomic E-state index is 4.79. The van der Waals surface area contributed by atoms with Gasteiger partial charge in [0.25, 0.3) is 0 Å². The second-order valence-corrected chi connectivity index (χ2v) is 3.03. The zero-order valence-corrected chi connectivity index (χ0v) is 8.14. The van der Waals surface area contributed by atoms with Gasteiger partial charge in [0.1, 0.15) is 6.34 Å². The number of hydrogen-bond acceptors (Lipinski definition) is 2. The number of para-hydroxylation sites is 1. The molecule has 0 saturated carbocycles. The van der Waals surface area contributed by atoms with Crippen molar-refractivity contribution in [2.75, 3.05) is 0 Å². The predicted molar refractivity (Wildman–Crippen MR) is 59.1 cm³/mol. The minimum atomic E-state index is 0.680. The van der Waals surface area contributed by atoms with Gasteiger partial charge in [0.2, 0.25) is 0 Å². The maximum Gasteiger partial charge on any atom is 0.107 e. The van der Waals surface area contributed by atoms with Crippen molar-refractivity contribution >= 4 is 29.2 Å². The van der Waals surface area contributed by atoms with Crippen LogP contribution in [-0.4, -0.2) is 11.3 Å². The molecule has 0 atom stereocenters. The average Bonchev–Trinajstić information content (AvgIpc) is 2.14. The highest BCUT2D eigenvalue weighted by Crippen LogP contribution is 2.07. The van der Waals surface area contributed by atoms with Gasteiger partial charge in [-0.3, -0.25) is 10.9 Å². The first-order chi connectivity index (χ1) is 6.29. The van der Waals surface area contributed by atoms with E-state index in [1.165, 1.54) is 0 Å². The topological polar surface area (TPSA) is 36.4 Å². The molecule has 1 rings (SSSR count). The Bertz CT molecular complexity index is 295. The van der Waals surface area contributed by atoms with Crippen molar-refractivity contribution in [1.82, 2.24) is 10.9 Å². The summed E-state index contributed by atoms with van der Waals surface area (Å²) in [5, 5.41) is 0. The molecular formula is C9H11N3S. The molecule has 3 nitrogen and oxygen atoms in total. The number of hydrogen-bond donors (Lipinski definition) is 2. The molecule has 4 heteroatoms. The lowest BCUT2D eigenvalue weighted by Crippen LogP contribution is -2.33. The lowest BCUT2D eigenvalue weighted by atomic mass is 10.3. The van der Waals surface area contributed by atoms with Gasteiger partial charge in [-0.2, -0.15) is 0 Å². The number of nitrogens with one attached hydrogen (secondary N) is 2. The van der Waals surface area contributed by atoms with Crippen LogP contribution in [-0.2, 0) is 0 Å². The molecule has 0 aliphatic heterocycles. The third-order valence-electron chi connectivity index (χ3n) is 1.28. The Labute approximate surface area is 82.9 Å². The van der Waals surface area contributed by atoms with Crippen LogP contribution < -0.4 is 10.9 Å². The van der Waals surface area contributed by atoms with E-state index in [0.29, 0.717) is 4.99 Å². The Morgan fingerprint density at radius 2 is 2.08 bits per heavy atom. The molecule has 0 aliphatic carbocycles. The summed E-state index contributed by atoms with van der Waals surface area (Å²) in [6.07, 6.45) is 1.56. The van der Waals surface area contributed by atoms with Crippen LogP contribution in [0.4, 0.5) is 5.69 Å². The van der Waals surface area contributed by atoms with Gasteiger partial charge in [-0.05, 0) is 19.1 Å². The molecule has 0 saturated heterocycles. The molecule has 13 heavy (non-hydrogen) atoms. The average molecular weight is 193 g/mol. The van der Waals surface area contributed by atoms with Crippen molar-refractivity contribution in [1.29, 1.82) is 0 Å². The zero-order valence-electron chi connectivity index (χ0n) is 7.32. The predicted octanol–water partition coefficient (Wildman–Crippen LogP) is 1.79. The van der Waals surface area contributed by atoms with Gasteiger partial charge in [-0.25, -0.2) is 4.99 Å². The molecule has 0 aromatic heterocycles. The molecule has 0 fully saturated rings. The number of benzene rings is 1. The normalized spacial score (nSPS) is 9.92. The van der Waals surface area contributed by atoms with Crippen molar-refractivity contribution in [3.8, 4) is 0 Å². The van der Waals surface area contributed by atoms with Gasteiger partial charge in [-0.15, -0.1) is 0 Å². The van der Waals surface area contributed by atoms with E-state index in [4.69, 9.17) is 12.2 Å². The van der Waals surface area contributed by atoms with Crippen LogP contribution in [0.3, 0.4) is 0 Å². The van der Waals surface area contributed by atoms with Gasteiger partial charge in [0.15, 0.2) is 0 Å². The fourth-order valence-corrected chi connectivity index (χ4v) is 0.814. The molecule has 0 heterocycles. The number of hydrazine groups is 1. The summed E-state index contributed by atoms with van der Waals surface area (Å²) in [5.74, 6) is 0. The molecule has 0 amide bonds. The highest BCUT2D eigenvalue weighted by atomic mass is 32.1. The number of aliphatic imine (C=N–C) groups is 1. The number of nitrogens with zero attached hydrogens (tertiary/aromatic N) is 1. The lowest BCUT2D eigenvalue weighted by molar-refractivity contribution is 0.891. The molecule has 1 aromatic rings. The van der Waals surface area contributed by atoms with E-state index in [0.717, 1.165) is 5.69 Å². The number of rotatable bonds is 3. The Hall–Kier alpha value is -1.42. The molecule has 1 aromatic carbocycles. The molecular weight excluding hydrogens is 182 g/mol. The molecule has 68 valence electrons. The van der Waals surface area contributed by atoms with E-state index in [2.05, 4.69) is 15.8 Å². The van der Waals surface area contributed by atoms with Crippen molar-refractivity contribution in [2.24, 2.45) is 4.99 Å². The van der Waals surface area contributed by atoms with Crippen LogP contribution in [0.1, 0.15) is 6.92 Å². The van der Waals surface area contributed by atoms with Crippen molar-refractivity contribution in [2.45, 2.75) is 6.92 Å². The Morgan fingerprint density at radius 3 is 2.69 bits per heavy atom. The fraction of sp³-hybridized carbons (Fsp3) is 0.111. The minimum Gasteiger partial charge on any atom is -0.294 e. The standard InChI is InChI=1S/C9H11N3S/c1-8(13)12-11-7-10-9-5-3-2-4-6-9/h2-7H,1H3,(H,10,11)(H,12,13). The van der Waals surface area contributed by atoms with Crippen molar-refractivity contribution in [3.05, 3.63) is 30.3 Å². The highest BCUT2D eigenvalue weighted by molar-refractivity contribution is 7.80. The summed E-state index contributed by atoms with van der Waals surface area (Å²) >= 11 is 4.79. The van der Waals surface area contributed by atoms with E-state index < -0.39 is 0 Å². The first-order valence-corrected chi connectivity index (χ1v) is 4.29. The highest BCUT2D eigenvalue weighted by Gasteiger charge is 1.82. The van der Waals surface area contributed by atoms with E-state index in [1.54, 1.807) is 13.3 Å². The first kappa shape index (κ1) is 9.67. The van der Waals surface area contributed by atoms with E-state index >= 15 is 0 Å². The van der Waals surface area contributed by atoms with Crippen LogP contribution in [0.15, 0.2) is 35.3 Å². The second-order valence-electron chi connectivity index (χ2n) is 2.42. The van der Waals surface area contributed by atoms with E-state index in [-0.39, 0.29) is 0 Å². The fourth-order valence-electron chi connectivity index (χ4n) is 0.755. The molecule has 0 radical (unpaired) electrons. The van der Waals surface area contributed by atoms with Gasteiger partial charge in [-0.1, -0.05) is 30.4 Å². The number of thiocarbonyl (C=S) groups is 1. The minimum absolute atomic E-state index is 0.680. The smallest absolute Gasteiger partial charge is 0.107 e. The maximum atomic E-state index is 4.79. The van der Waals surface area contributed by atoms with Crippen LogP contribution in [0.5, 0.6) is 0 Å². The van der Waals surface area contributed by atoms with Crippen molar-refractivity contribution in [3.63, 3.8) is 0 Å². The molecule has 0 bridgehead atoms. The summed E-state index contributed by atoms with van der Waals surface area (Å²) in [6.45, 7) is 1.79. The lowest BCUT2D eigenvalue weighted by Gasteiger charge is -2.00. The van der Waals surface area contributed by atoms with Crippen LogP contribution in [0, 0.1) is 0 Å². The summed E-state index contributed by atoms with van der Waals surface area (Å²) in [5.41, 5.74) is 6.40. The van der Waals surface area contributed by atoms with Gasteiger partial charge in [0, 0.05) is 0 Å². The zero-order chi connectivity index (χ0) is 9.52. The third kappa shape index (κ3) is 4.22. The Kier molecular flexibility index (Phi) is 3.92. The summed E-state index contributed by atoms with van der Waals surface area (Å²) in [7, 11) is 0. The van der Waals surface area contributed by atoms with Crippen LogP contribution in [0.2, 0.25) is 0 Å². The van der Waals surface area contributed by atoms with Gasteiger partial charge < -0.3 is 0 Å². The summed E-state index contributed by atoms with van der Waals surface area (Å²) in [6, 6.07) is 9.66. The van der Waals surface area contributed by atoms with Crippen LogP contribution >= 0.6 is 12.2 Å². The monoisotopic (exact) mass is 193 g/mol. The first-order valence-electron chi connectivity index (χ1n) is 3.89. The molecule has 0 aliphatic rings.